The quantitative estimate of drug-likeness (QED) is 0.924. The molecule has 1 fully saturated rings. The minimum Gasteiger partial charge on any atom is -0.396 e. The van der Waals surface area contributed by atoms with E-state index in [0.29, 0.717) is 9.90 Å². The summed E-state index contributed by atoms with van der Waals surface area (Å²) < 4.78 is 0. The fraction of sp³-hybridized carbons (Fsp3) is 0.615. The van der Waals surface area contributed by atoms with E-state index in [1.165, 1.54) is 11.3 Å². The van der Waals surface area contributed by atoms with Gasteiger partial charge in [0.2, 0.25) is 0 Å². The average molecular weight is 288 g/mol. The topological polar surface area (TPSA) is 40.5 Å². The van der Waals surface area contributed by atoms with Crippen molar-refractivity contribution in [2.75, 3.05) is 13.2 Å². The number of halogens is 1. The molecule has 100 valence electrons. The van der Waals surface area contributed by atoms with Crippen LogP contribution in [-0.2, 0) is 0 Å². The third-order valence-electron chi connectivity index (χ3n) is 3.43. The molecular formula is C13H18ClNO2S. The molecule has 3 nitrogen and oxygen atoms in total. The van der Waals surface area contributed by atoms with Crippen LogP contribution in [0.3, 0.4) is 0 Å². The number of likely N-dealkylation sites (tertiary alicyclic amines) is 1. The summed E-state index contributed by atoms with van der Waals surface area (Å²) >= 11 is 7.58. The molecule has 1 atom stereocenters. The van der Waals surface area contributed by atoms with Crippen LogP contribution in [0.15, 0.2) is 5.38 Å². The van der Waals surface area contributed by atoms with E-state index >= 15 is 0 Å². The maximum atomic E-state index is 12.4. The lowest BCUT2D eigenvalue weighted by atomic mass is 10.1. The van der Waals surface area contributed by atoms with Gasteiger partial charge >= 0.3 is 0 Å². The van der Waals surface area contributed by atoms with Gasteiger partial charge in [0, 0.05) is 19.2 Å². The molecule has 18 heavy (non-hydrogen) atoms. The molecule has 1 amide bonds. The molecule has 0 aliphatic carbocycles. The molecule has 0 saturated carbocycles. The lowest BCUT2D eigenvalue weighted by Gasteiger charge is -2.24. The summed E-state index contributed by atoms with van der Waals surface area (Å²) in [6.45, 7) is 2.92. The third kappa shape index (κ3) is 2.71. The molecule has 0 spiro atoms. The highest BCUT2D eigenvalue weighted by atomic mass is 35.5. The Morgan fingerprint density at radius 1 is 1.67 bits per heavy atom. The van der Waals surface area contributed by atoms with Gasteiger partial charge in [-0.05, 0) is 43.6 Å². The number of hydrogen-bond acceptors (Lipinski definition) is 3. The number of thiophene rings is 1. The van der Waals surface area contributed by atoms with Crippen LogP contribution in [0.25, 0.3) is 0 Å². The van der Waals surface area contributed by atoms with Gasteiger partial charge in [-0.15, -0.1) is 11.3 Å². The van der Waals surface area contributed by atoms with Crippen molar-refractivity contribution in [1.29, 1.82) is 0 Å². The van der Waals surface area contributed by atoms with Crippen LogP contribution in [-0.4, -0.2) is 35.1 Å². The van der Waals surface area contributed by atoms with Gasteiger partial charge in [0.25, 0.3) is 5.91 Å². The van der Waals surface area contributed by atoms with Gasteiger partial charge in [-0.25, -0.2) is 0 Å². The maximum absolute atomic E-state index is 12.4. The fourth-order valence-corrected chi connectivity index (χ4v) is 3.66. The van der Waals surface area contributed by atoms with E-state index < -0.39 is 0 Å². The van der Waals surface area contributed by atoms with Crippen molar-refractivity contribution in [1.82, 2.24) is 4.90 Å². The molecule has 0 aromatic carbocycles. The van der Waals surface area contributed by atoms with Gasteiger partial charge in [-0.2, -0.15) is 0 Å². The molecule has 1 aromatic rings. The highest BCUT2D eigenvalue weighted by Gasteiger charge is 2.30. The molecule has 0 radical (unpaired) electrons. The first-order valence-electron chi connectivity index (χ1n) is 6.30. The minimum absolute atomic E-state index is 0.0542. The Balaban J connectivity index is 2.10. The van der Waals surface area contributed by atoms with Crippen LogP contribution in [0.4, 0.5) is 0 Å². The van der Waals surface area contributed by atoms with Crippen molar-refractivity contribution in [3.05, 3.63) is 20.8 Å². The van der Waals surface area contributed by atoms with Crippen molar-refractivity contribution in [2.45, 2.75) is 38.6 Å². The van der Waals surface area contributed by atoms with E-state index in [1.807, 2.05) is 17.2 Å². The monoisotopic (exact) mass is 287 g/mol. The zero-order valence-electron chi connectivity index (χ0n) is 10.5. The summed E-state index contributed by atoms with van der Waals surface area (Å²) in [5, 5.41) is 11.4. The Bertz CT molecular complexity index is 433. The summed E-state index contributed by atoms with van der Waals surface area (Å²) in [7, 11) is 0. The number of rotatable bonds is 4. The summed E-state index contributed by atoms with van der Waals surface area (Å²) in [4.78, 5) is 15.0. The normalized spacial score (nSPS) is 19.5. The van der Waals surface area contributed by atoms with Crippen molar-refractivity contribution in [2.24, 2.45) is 0 Å². The summed E-state index contributed by atoms with van der Waals surface area (Å²) in [5.41, 5.74) is 0.969. The SMILES string of the molecule is Cc1csc(C(=O)N2CCCC2CCCO)c1Cl. The van der Waals surface area contributed by atoms with Crippen LogP contribution < -0.4 is 0 Å². The van der Waals surface area contributed by atoms with Gasteiger partial charge in [-0.3, -0.25) is 4.79 Å². The molecule has 1 aliphatic heterocycles. The number of carbonyl (C=O) groups is 1. The van der Waals surface area contributed by atoms with Gasteiger partial charge < -0.3 is 10.0 Å². The molecule has 1 aliphatic rings. The van der Waals surface area contributed by atoms with Crippen LogP contribution in [0.1, 0.15) is 40.9 Å². The van der Waals surface area contributed by atoms with Gasteiger partial charge in [-0.1, -0.05) is 11.6 Å². The Labute approximate surface area is 116 Å². The zero-order valence-corrected chi connectivity index (χ0v) is 12.1. The Kier molecular flexibility index (Phi) is 4.65. The number of carbonyl (C=O) groups excluding carboxylic acids is 1. The first-order chi connectivity index (χ1) is 8.65. The minimum atomic E-state index is 0.0542. The van der Waals surface area contributed by atoms with Crippen molar-refractivity contribution < 1.29 is 9.90 Å². The van der Waals surface area contributed by atoms with E-state index in [-0.39, 0.29) is 18.6 Å². The predicted octanol–water partition coefficient (Wildman–Crippen LogP) is 3.09. The van der Waals surface area contributed by atoms with E-state index in [2.05, 4.69) is 0 Å². The Morgan fingerprint density at radius 2 is 2.44 bits per heavy atom. The lowest BCUT2D eigenvalue weighted by molar-refractivity contribution is 0.0729. The van der Waals surface area contributed by atoms with Crippen LogP contribution in [0.2, 0.25) is 5.02 Å². The van der Waals surface area contributed by atoms with Crippen LogP contribution in [0, 0.1) is 6.92 Å². The molecule has 0 bridgehead atoms. The van der Waals surface area contributed by atoms with Gasteiger partial charge in [0.15, 0.2) is 0 Å². The standard InChI is InChI=1S/C13H18ClNO2S/c1-9-8-18-12(11(9)14)13(17)15-6-2-4-10(15)5-3-7-16/h8,10,16H,2-7H2,1H3. The molecule has 1 N–H and O–H groups in total. The Morgan fingerprint density at radius 3 is 3.06 bits per heavy atom. The maximum Gasteiger partial charge on any atom is 0.265 e. The summed E-state index contributed by atoms with van der Waals surface area (Å²) in [6.07, 6.45) is 3.72. The first-order valence-corrected chi connectivity index (χ1v) is 7.56. The smallest absolute Gasteiger partial charge is 0.265 e. The second-order valence-corrected chi connectivity index (χ2v) is 5.98. The molecular weight excluding hydrogens is 270 g/mol. The zero-order chi connectivity index (χ0) is 13.1. The fourth-order valence-electron chi connectivity index (χ4n) is 2.43. The third-order valence-corrected chi connectivity index (χ3v) is 5.11. The van der Waals surface area contributed by atoms with E-state index in [9.17, 15) is 4.79 Å². The molecule has 5 heteroatoms. The molecule has 1 unspecified atom stereocenters. The number of hydrogen-bond donors (Lipinski definition) is 1. The number of aryl methyl sites for hydroxylation is 1. The highest BCUT2D eigenvalue weighted by molar-refractivity contribution is 7.13. The summed E-state index contributed by atoms with van der Waals surface area (Å²) in [5.74, 6) is 0.0542. The number of amides is 1. The van der Waals surface area contributed by atoms with Crippen LogP contribution >= 0.6 is 22.9 Å². The van der Waals surface area contributed by atoms with E-state index in [0.717, 1.165) is 37.8 Å². The average Bonchev–Trinajstić information content (AvgIpc) is 2.95. The second kappa shape index (κ2) is 6.04. The predicted molar refractivity (Wildman–Crippen MR) is 74.4 cm³/mol. The molecule has 2 rings (SSSR count). The summed E-state index contributed by atoms with van der Waals surface area (Å²) in [6, 6.07) is 0.267. The largest absolute Gasteiger partial charge is 0.396 e. The second-order valence-electron chi connectivity index (χ2n) is 4.72. The van der Waals surface area contributed by atoms with E-state index in [4.69, 9.17) is 16.7 Å². The molecule has 1 aromatic heterocycles. The van der Waals surface area contributed by atoms with Gasteiger partial charge in [0.1, 0.15) is 4.88 Å². The highest BCUT2D eigenvalue weighted by Crippen LogP contribution is 2.31. The molecule has 1 saturated heterocycles. The van der Waals surface area contributed by atoms with Crippen molar-refractivity contribution in [3.8, 4) is 0 Å². The lowest BCUT2D eigenvalue weighted by Crippen LogP contribution is -2.35. The van der Waals surface area contributed by atoms with Gasteiger partial charge in [0.05, 0.1) is 5.02 Å². The van der Waals surface area contributed by atoms with E-state index in [1.54, 1.807) is 0 Å². The number of nitrogens with zero attached hydrogens (tertiary/aromatic N) is 1. The Hall–Kier alpha value is -0.580. The van der Waals surface area contributed by atoms with Crippen molar-refractivity contribution >= 4 is 28.8 Å². The number of aliphatic hydroxyl groups is 1. The molecule has 2 heterocycles. The first kappa shape index (κ1) is 13.8. The van der Waals surface area contributed by atoms with Crippen molar-refractivity contribution in [3.63, 3.8) is 0 Å². The van der Waals surface area contributed by atoms with Crippen LogP contribution in [0.5, 0.6) is 0 Å². The number of aliphatic hydroxyl groups excluding tert-OH is 1.